The van der Waals surface area contributed by atoms with Crippen molar-refractivity contribution in [3.63, 3.8) is 0 Å². The van der Waals surface area contributed by atoms with Crippen molar-refractivity contribution in [1.82, 2.24) is 5.32 Å². The molecule has 2 N–H and O–H groups in total. The Morgan fingerprint density at radius 2 is 1.64 bits per heavy atom. The molecule has 2 aromatic rings. The predicted octanol–water partition coefficient (Wildman–Crippen LogP) is 3.86. The van der Waals surface area contributed by atoms with Gasteiger partial charge in [-0.25, -0.2) is 4.79 Å². The number of hydrogen-bond acceptors (Lipinski definition) is 4. The lowest BCUT2D eigenvalue weighted by atomic mass is 10.1. The first-order chi connectivity index (χ1) is 12.1. The van der Waals surface area contributed by atoms with Gasteiger partial charge in [0.25, 0.3) is 0 Å². The largest absolute Gasteiger partial charge is 0.490 e. The molecule has 5 heteroatoms. The van der Waals surface area contributed by atoms with Gasteiger partial charge in [0.2, 0.25) is 0 Å². The van der Waals surface area contributed by atoms with E-state index < -0.39 is 5.97 Å². The van der Waals surface area contributed by atoms with Crippen LogP contribution < -0.4 is 14.8 Å². The van der Waals surface area contributed by atoms with Crippen molar-refractivity contribution in [3.8, 4) is 11.5 Å². The molecule has 0 spiro atoms. The first kappa shape index (κ1) is 18.8. The van der Waals surface area contributed by atoms with Gasteiger partial charge in [-0.05, 0) is 48.7 Å². The Balaban J connectivity index is 1.93. The Morgan fingerprint density at radius 3 is 2.28 bits per heavy atom. The Kier molecular flexibility index (Phi) is 7.29. The highest BCUT2D eigenvalue weighted by molar-refractivity contribution is 5.87. The number of carboxylic acid groups (broad SMARTS) is 1. The van der Waals surface area contributed by atoms with Crippen LogP contribution in [-0.4, -0.2) is 24.3 Å². The zero-order valence-corrected chi connectivity index (χ0v) is 14.7. The van der Waals surface area contributed by atoms with Crippen LogP contribution in [0.2, 0.25) is 0 Å². The van der Waals surface area contributed by atoms with Gasteiger partial charge in [-0.3, -0.25) is 0 Å². The second kappa shape index (κ2) is 9.69. The van der Waals surface area contributed by atoms with Crippen molar-refractivity contribution >= 4 is 5.97 Å². The second-order valence-electron chi connectivity index (χ2n) is 5.67. The lowest BCUT2D eigenvalue weighted by Gasteiger charge is -2.13. The van der Waals surface area contributed by atoms with Crippen LogP contribution in [0.4, 0.5) is 0 Å². The summed E-state index contributed by atoms with van der Waals surface area (Å²) in [5.74, 6) is 0.631. The summed E-state index contributed by atoms with van der Waals surface area (Å²) in [5, 5.41) is 12.3. The van der Waals surface area contributed by atoms with Crippen LogP contribution in [0.3, 0.4) is 0 Å². The molecule has 0 aliphatic carbocycles. The van der Waals surface area contributed by atoms with Crippen molar-refractivity contribution in [1.29, 1.82) is 0 Å². The number of hydrogen-bond donors (Lipinski definition) is 2. The number of benzene rings is 2. The van der Waals surface area contributed by atoms with Crippen LogP contribution in [0.25, 0.3) is 0 Å². The van der Waals surface area contributed by atoms with E-state index in [4.69, 9.17) is 14.6 Å². The summed E-state index contributed by atoms with van der Waals surface area (Å²) >= 11 is 0. The molecule has 134 valence electrons. The third kappa shape index (κ3) is 5.80. The van der Waals surface area contributed by atoms with E-state index in [0.717, 1.165) is 29.0 Å². The van der Waals surface area contributed by atoms with Crippen molar-refractivity contribution < 1.29 is 19.4 Å². The Morgan fingerprint density at radius 1 is 0.960 bits per heavy atom. The maximum atomic E-state index is 10.9. The van der Waals surface area contributed by atoms with Crippen molar-refractivity contribution in [3.05, 3.63) is 59.2 Å². The number of ether oxygens (including phenoxy) is 2. The topological polar surface area (TPSA) is 67.8 Å². The van der Waals surface area contributed by atoms with Crippen molar-refractivity contribution in [2.24, 2.45) is 0 Å². The normalized spacial score (nSPS) is 10.5. The smallest absolute Gasteiger partial charge is 0.335 e. The third-order valence-corrected chi connectivity index (χ3v) is 3.63. The van der Waals surface area contributed by atoms with E-state index >= 15 is 0 Å². The van der Waals surface area contributed by atoms with E-state index in [-0.39, 0.29) is 0 Å². The zero-order chi connectivity index (χ0) is 18.1. The molecule has 0 aliphatic rings. The molecule has 0 unspecified atom stereocenters. The molecule has 0 radical (unpaired) electrons. The van der Waals surface area contributed by atoms with Gasteiger partial charge in [-0.1, -0.05) is 25.1 Å². The minimum Gasteiger partial charge on any atom is -0.490 e. The molecule has 0 aliphatic heterocycles. The van der Waals surface area contributed by atoms with Gasteiger partial charge in [0.05, 0.1) is 18.8 Å². The molecule has 0 heterocycles. The van der Waals surface area contributed by atoms with Crippen LogP contribution >= 0.6 is 0 Å². The Hall–Kier alpha value is -2.53. The average molecular weight is 343 g/mol. The fourth-order valence-electron chi connectivity index (χ4n) is 2.38. The maximum Gasteiger partial charge on any atom is 0.335 e. The van der Waals surface area contributed by atoms with E-state index in [1.165, 1.54) is 0 Å². The van der Waals surface area contributed by atoms with Gasteiger partial charge < -0.3 is 19.9 Å². The zero-order valence-electron chi connectivity index (χ0n) is 14.7. The quantitative estimate of drug-likeness (QED) is 0.685. The maximum absolute atomic E-state index is 10.9. The van der Waals surface area contributed by atoms with Crippen molar-refractivity contribution in [2.75, 3.05) is 13.2 Å². The standard InChI is InChI=1S/C20H25NO4/c1-3-11-25-18-10-7-16(12-19(18)24-4-2)14-21-13-15-5-8-17(9-6-15)20(22)23/h5-10,12,21H,3-4,11,13-14H2,1-2H3,(H,22,23). The number of aromatic carboxylic acids is 1. The van der Waals surface area contributed by atoms with Gasteiger partial charge in [-0.15, -0.1) is 0 Å². The lowest BCUT2D eigenvalue weighted by Crippen LogP contribution is -2.13. The van der Waals surface area contributed by atoms with Crippen LogP contribution in [0.1, 0.15) is 41.8 Å². The molecular formula is C20H25NO4. The number of carboxylic acids is 1. The highest BCUT2D eigenvalue weighted by atomic mass is 16.5. The van der Waals surface area contributed by atoms with Crippen molar-refractivity contribution in [2.45, 2.75) is 33.4 Å². The molecule has 0 saturated heterocycles. The van der Waals surface area contributed by atoms with Gasteiger partial charge in [0.15, 0.2) is 11.5 Å². The third-order valence-electron chi connectivity index (χ3n) is 3.63. The predicted molar refractivity (Wildman–Crippen MR) is 97.3 cm³/mol. The summed E-state index contributed by atoms with van der Waals surface area (Å²) in [6.07, 6.45) is 0.954. The molecule has 25 heavy (non-hydrogen) atoms. The minimum absolute atomic E-state index is 0.299. The fourth-order valence-corrected chi connectivity index (χ4v) is 2.38. The van der Waals surface area contributed by atoms with Crippen LogP contribution in [0.5, 0.6) is 11.5 Å². The Bertz CT molecular complexity index is 683. The van der Waals surface area contributed by atoms with Crippen LogP contribution in [0.15, 0.2) is 42.5 Å². The van der Waals surface area contributed by atoms with Crippen LogP contribution in [-0.2, 0) is 13.1 Å². The first-order valence-electron chi connectivity index (χ1n) is 8.55. The SMILES string of the molecule is CCCOc1ccc(CNCc2ccc(C(=O)O)cc2)cc1OCC. The molecule has 2 aromatic carbocycles. The molecule has 2 rings (SSSR count). The van der Waals surface area contributed by atoms with Crippen LogP contribution in [0, 0.1) is 0 Å². The first-order valence-corrected chi connectivity index (χ1v) is 8.55. The molecule has 0 atom stereocenters. The minimum atomic E-state index is -0.909. The van der Waals surface area contributed by atoms with E-state index in [2.05, 4.69) is 12.2 Å². The van der Waals surface area contributed by atoms with Gasteiger partial charge >= 0.3 is 5.97 Å². The molecule has 0 fully saturated rings. The number of carbonyl (C=O) groups is 1. The highest BCUT2D eigenvalue weighted by Gasteiger charge is 2.07. The van der Waals surface area contributed by atoms with E-state index in [0.29, 0.717) is 31.9 Å². The van der Waals surface area contributed by atoms with E-state index in [9.17, 15) is 4.79 Å². The Labute approximate surface area is 148 Å². The molecule has 0 aromatic heterocycles. The molecule has 0 saturated carbocycles. The highest BCUT2D eigenvalue weighted by Crippen LogP contribution is 2.28. The number of rotatable bonds is 10. The summed E-state index contributed by atoms with van der Waals surface area (Å²) in [5.41, 5.74) is 2.44. The molecule has 0 bridgehead atoms. The van der Waals surface area contributed by atoms with E-state index in [1.807, 2.05) is 37.3 Å². The molecule has 5 nitrogen and oxygen atoms in total. The fraction of sp³-hybridized carbons (Fsp3) is 0.350. The summed E-state index contributed by atoms with van der Waals surface area (Å²) in [6, 6.07) is 12.8. The number of nitrogens with one attached hydrogen (secondary N) is 1. The van der Waals surface area contributed by atoms with Gasteiger partial charge in [0.1, 0.15) is 0 Å². The monoisotopic (exact) mass is 343 g/mol. The van der Waals surface area contributed by atoms with Gasteiger partial charge in [-0.2, -0.15) is 0 Å². The summed E-state index contributed by atoms with van der Waals surface area (Å²) < 4.78 is 11.4. The summed E-state index contributed by atoms with van der Waals surface area (Å²) in [4.78, 5) is 10.9. The average Bonchev–Trinajstić information content (AvgIpc) is 2.62. The van der Waals surface area contributed by atoms with E-state index in [1.54, 1.807) is 12.1 Å². The second-order valence-corrected chi connectivity index (χ2v) is 5.67. The van der Waals surface area contributed by atoms with Gasteiger partial charge in [0, 0.05) is 13.1 Å². The molecule has 0 amide bonds. The lowest BCUT2D eigenvalue weighted by molar-refractivity contribution is 0.0697. The summed E-state index contributed by atoms with van der Waals surface area (Å²) in [7, 11) is 0. The summed E-state index contributed by atoms with van der Waals surface area (Å²) in [6.45, 7) is 6.64. The molecular weight excluding hydrogens is 318 g/mol.